The number of anilines is 1. The molecule has 29 heavy (non-hydrogen) atoms. The third-order valence-electron chi connectivity index (χ3n) is 5.58. The summed E-state index contributed by atoms with van der Waals surface area (Å²) in [4.78, 5) is 4.48. The number of hydrogen-bond donors (Lipinski definition) is 2. The van der Waals surface area contributed by atoms with Crippen molar-refractivity contribution in [1.29, 1.82) is 0 Å². The average Bonchev–Trinajstić information content (AvgIpc) is 2.69. The molecule has 1 heterocycles. The first kappa shape index (κ1) is 21.2. The summed E-state index contributed by atoms with van der Waals surface area (Å²) in [5.74, 6) is 0.242. The Morgan fingerprint density at radius 3 is 2.48 bits per heavy atom. The lowest BCUT2D eigenvalue weighted by molar-refractivity contribution is -0.137. The Labute approximate surface area is 169 Å². The molecule has 0 amide bonds. The van der Waals surface area contributed by atoms with Gasteiger partial charge in [0.1, 0.15) is 0 Å². The Morgan fingerprint density at radius 2 is 1.83 bits per heavy atom. The number of guanidine groups is 1. The molecule has 0 bridgehead atoms. The molecular weight excluding hydrogens is 379 g/mol. The molecule has 0 radical (unpaired) electrons. The molecule has 2 aromatic rings. The monoisotopic (exact) mass is 405 g/mol. The fourth-order valence-electron chi connectivity index (χ4n) is 3.57. The molecule has 1 fully saturated rings. The molecule has 0 saturated carbocycles. The summed E-state index contributed by atoms with van der Waals surface area (Å²) >= 11 is 0. The molecule has 4 nitrogen and oxygen atoms in total. The molecule has 3 rings (SSSR count). The van der Waals surface area contributed by atoms with E-state index in [4.69, 9.17) is 10.5 Å². The first-order chi connectivity index (χ1) is 13.7. The Bertz CT molecular complexity index is 887. The number of nitrogens with one attached hydrogen (secondary N) is 1. The van der Waals surface area contributed by atoms with Crippen LogP contribution in [0.3, 0.4) is 0 Å². The lowest BCUT2D eigenvalue weighted by atomic mass is 9.74. The second kappa shape index (κ2) is 8.45. The largest absolute Gasteiger partial charge is 0.416 e. The molecule has 3 N–H and O–H groups in total. The number of ether oxygens (including phenoxy) is 1. The maximum absolute atomic E-state index is 13.2. The Morgan fingerprint density at radius 1 is 1.10 bits per heavy atom. The van der Waals surface area contributed by atoms with E-state index in [9.17, 15) is 13.2 Å². The summed E-state index contributed by atoms with van der Waals surface area (Å²) in [5.41, 5.74) is 8.66. The number of nitrogens with zero attached hydrogens (tertiary/aromatic N) is 1. The van der Waals surface area contributed by atoms with Crippen molar-refractivity contribution in [1.82, 2.24) is 0 Å². The zero-order valence-electron chi connectivity index (χ0n) is 16.6. The van der Waals surface area contributed by atoms with Gasteiger partial charge in [0.2, 0.25) is 0 Å². The van der Waals surface area contributed by atoms with Gasteiger partial charge in [-0.25, -0.2) is 0 Å². The maximum Gasteiger partial charge on any atom is 0.416 e. The van der Waals surface area contributed by atoms with Gasteiger partial charge < -0.3 is 15.8 Å². The molecule has 1 aliphatic rings. The van der Waals surface area contributed by atoms with E-state index >= 15 is 0 Å². The van der Waals surface area contributed by atoms with E-state index in [0.29, 0.717) is 38.2 Å². The van der Waals surface area contributed by atoms with Gasteiger partial charge >= 0.3 is 6.18 Å². The van der Waals surface area contributed by atoms with Crippen molar-refractivity contribution in [3.8, 4) is 0 Å². The van der Waals surface area contributed by atoms with Crippen molar-refractivity contribution in [2.75, 3.05) is 25.1 Å². The zero-order valence-corrected chi connectivity index (χ0v) is 16.6. The molecule has 156 valence electrons. The average molecular weight is 405 g/mol. The quantitative estimate of drug-likeness (QED) is 0.568. The van der Waals surface area contributed by atoms with Crippen molar-refractivity contribution in [3.63, 3.8) is 0 Å². The third kappa shape index (κ3) is 5.09. The van der Waals surface area contributed by atoms with Crippen LogP contribution >= 0.6 is 0 Å². The van der Waals surface area contributed by atoms with Crippen molar-refractivity contribution < 1.29 is 17.9 Å². The van der Waals surface area contributed by atoms with Crippen LogP contribution in [-0.2, 0) is 16.3 Å². The van der Waals surface area contributed by atoms with Crippen LogP contribution in [0.4, 0.5) is 18.9 Å². The fourth-order valence-corrected chi connectivity index (χ4v) is 3.57. The summed E-state index contributed by atoms with van der Waals surface area (Å²) < 4.78 is 45.0. The molecular formula is C22H26F3N3O. The van der Waals surface area contributed by atoms with Gasteiger partial charge in [-0.1, -0.05) is 24.3 Å². The summed E-state index contributed by atoms with van der Waals surface area (Å²) in [6.07, 6.45) is -3.20. The Balaban J connectivity index is 1.83. The van der Waals surface area contributed by atoms with Gasteiger partial charge in [0.25, 0.3) is 0 Å². The minimum atomic E-state index is -4.38. The van der Waals surface area contributed by atoms with Crippen LogP contribution in [-0.4, -0.2) is 25.7 Å². The second-order valence-electron chi connectivity index (χ2n) is 7.60. The van der Waals surface area contributed by atoms with Gasteiger partial charge in [0.15, 0.2) is 5.96 Å². The molecule has 2 aromatic carbocycles. The van der Waals surface area contributed by atoms with Gasteiger partial charge in [0.05, 0.1) is 12.1 Å². The minimum absolute atomic E-state index is 0.242. The van der Waals surface area contributed by atoms with Gasteiger partial charge in [-0.3, -0.25) is 4.99 Å². The number of rotatable bonds is 4. The molecule has 0 aromatic heterocycles. The van der Waals surface area contributed by atoms with E-state index in [-0.39, 0.29) is 5.96 Å². The topological polar surface area (TPSA) is 59.6 Å². The van der Waals surface area contributed by atoms with E-state index in [2.05, 4.69) is 10.3 Å². The van der Waals surface area contributed by atoms with Crippen LogP contribution < -0.4 is 11.1 Å². The second-order valence-corrected chi connectivity index (χ2v) is 7.60. The normalized spacial score (nSPS) is 17.2. The Hall–Kier alpha value is -2.54. The van der Waals surface area contributed by atoms with Crippen LogP contribution in [0.15, 0.2) is 47.5 Å². The summed E-state index contributed by atoms with van der Waals surface area (Å²) in [6, 6.07) is 11.4. The molecule has 0 spiro atoms. The van der Waals surface area contributed by atoms with Gasteiger partial charge in [-0.05, 0) is 61.6 Å². The highest BCUT2D eigenvalue weighted by atomic mass is 19.4. The van der Waals surface area contributed by atoms with Crippen molar-refractivity contribution in [3.05, 3.63) is 64.7 Å². The lowest BCUT2D eigenvalue weighted by Crippen LogP contribution is -2.38. The van der Waals surface area contributed by atoms with Gasteiger partial charge in [-0.2, -0.15) is 13.2 Å². The highest BCUT2D eigenvalue weighted by molar-refractivity contribution is 5.92. The maximum atomic E-state index is 13.2. The predicted octanol–water partition coefficient (Wildman–Crippen LogP) is 4.80. The highest BCUT2D eigenvalue weighted by Crippen LogP contribution is 2.38. The van der Waals surface area contributed by atoms with E-state index in [0.717, 1.165) is 17.3 Å². The molecule has 1 saturated heterocycles. The predicted molar refractivity (Wildman–Crippen MR) is 109 cm³/mol. The number of alkyl halides is 3. The smallest absolute Gasteiger partial charge is 0.381 e. The number of aryl methyl sites for hydroxylation is 2. The molecule has 0 aliphatic carbocycles. The summed E-state index contributed by atoms with van der Waals surface area (Å²) in [6.45, 7) is 5.30. The number of aliphatic imine (C=N–C) groups is 1. The van der Waals surface area contributed by atoms with Crippen LogP contribution in [0.1, 0.15) is 35.1 Å². The highest BCUT2D eigenvalue weighted by Gasteiger charge is 2.37. The first-order valence-corrected chi connectivity index (χ1v) is 9.59. The van der Waals surface area contributed by atoms with Gasteiger partial charge in [0, 0.05) is 24.3 Å². The summed E-state index contributed by atoms with van der Waals surface area (Å²) in [5, 5.41) is 3.07. The Kier molecular flexibility index (Phi) is 6.17. The lowest BCUT2D eigenvalue weighted by Gasteiger charge is -2.37. The van der Waals surface area contributed by atoms with E-state index in [1.165, 1.54) is 17.7 Å². The molecule has 0 atom stereocenters. The van der Waals surface area contributed by atoms with E-state index < -0.39 is 17.2 Å². The summed E-state index contributed by atoms with van der Waals surface area (Å²) in [7, 11) is 0. The molecule has 0 unspecified atom stereocenters. The zero-order chi connectivity index (χ0) is 21.1. The van der Waals surface area contributed by atoms with E-state index in [1.807, 2.05) is 32.0 Å². The van der Waals surface area contributed by atoms with Crippen LogP contribution in [0.2, 0.25) is 0 Å². The van der Waals surface area contributed by atoms with Crippen LogP contribution in [0, 0.1) is 13.8 Å². The number of nitrogens with two attached hydrogens (primary N) is 1. The molecule has 7 heteroatoms. The SMILES string of the molecule is Cc1ccc(NC(N)=NCC2(c3cccc(C(F)(F)F)c3)CCOCC2)cc1C. The third-order valence-corrected chi connectivity index (χ3v) is 5.58. The number of benzene rings is 2. The first-order valence-electron chi connectivity index (χ1n) is 9.59. The van der Waals surface area contributed by atoms with Crippen molar-refractivity contribution in [2.24, 2.45) is 10.7 Å². The number of halogens is 3. The van der Waals surface area contributed by atoms with Crippen LogP contribution in [0.5, 0.6) is 0 Å². The standard InChI is InChI=1S/C22H26F3N3O/c1-15-6-7-19(12-16(15)2)28-20(26)27-14-21(8-10-29-11-9-21)17-4-3-5-18(13-17)22(23,24)25/h3-7,12-13H,8-11,14H2,1-2H3,(H3,26,27,28). The fraction of sp³-hybridized carbons (Fsp3) is 0.409. The van der Waals surface area contributed by atoms with Crippen molar-refractivity contribution in [2.45, 2.75) is 38.3 Å². The van der Waals surface area contributed by atoms with Crippen molar-refractivity contribution >= 4 is 11.6 Å². The minimum Gasteiger partial charge on any atom is -0.381 e. The van der Waals surface area contributed by atoms with Crippen LogP contribution in [0.25, 0.3) is 0 Å². The number of hydrogen-bond acceptors (Lipinski definition) is 2. The molecule has 1 aliphatic heterocycles. The van der Waals surface area contributed by atoms with E-state index in [1.54, 1.807) is 6.07 Å². The van der Waals surface area contributed by atoms with Gasteiger partial charge in [-0.15, -0.1) is 0 Å².